The van der Waals surface area contributed by atoms with Crippen LogP contribution in [0.3, 0.4) is 0 Å². The second-order valence-electron chi connectivity index (χ2n) is 9.68. The Morgan fingerprint density at radius 1 is 1.00 bits per heavy atom. The highest BCUT2D eigenvalue weighted by Crippen LogP contribution is 2.43. The molecule has 4 heterocycles. The van der Waals surface area contributed by atoms with Crippen LogP contribution in [0.2, 0.25) is 0 Å². The summed E-state index contributed by atoms with van der Waals surface area (Å²) in [6.45, 7) is 0.538. The number of rotatable bonds is 4. The normalized spacial score (nSPS) is 12.8. The van der Waals surface area contributed by atoms with Crippen LogP contribution >= 0.6 is 11.3 Å². The minimum Gasteiger partial charge on any atom is -0.383 e. The number of hydrogen-bond acceptors (Lipinski definition) is 5. The average Bonchev–Trinajstić information content (AvgIpc) is 3.67. The number of nitrogens with two attached hydrogens (primary N) is 1. The van der Waals surface area contributed by atoms with Crippen molar-refractivity contribution in [1.82, 2.24) is 14.8 Å². The number of nitrogen functional groups attached to an aromatic ring is 1. The van der Waals surface area contributed by atoms with Gasteiger partial charge in [0.1, 0.15) is 45.0 Å². The largest absolute Gasteiger partial charge is 0.383 e. The van der Waals surface area contributed by atoms with Crippen LogP contribution in [-0.2, 0) is 24.7 Å². The molecular weight excluding hydrogens is 496 g/mol. The van der Waals surface area contributed by atoms with Gasteiger partial charge in [-0.2, -0.15) is 5.10 Å². The van der Waals surface area contributed by atoms with Gasteiger partial charge in [-0.3, -0.25) is 9.48 Å². The molecule has 6 nitrogen and oxygen atoms in total. The van der Waals surface area contributed by atoms with Crippen LogP contribution in [-0.4, -0.2) is 66.4 Å². The third kappa shape index (κ3) is 4.13. The summed E-state index contributed by atoms with van der Waals surface area (Å²) in [6.07, 6.45) is 6.25. The monoisotopic (exact) mass is 515 g/mol. The zero-order valence-electron chi connectivity index (χ0n) is 21.2. The zero-order chi connectivity index (χ0) is 27.6. The number of hydrogen-bond donors (Lipinski definition) is 1. The van der Waals surface area contributed by atoms with Gasteiger partial charge < -0.3 is 10.6 Å². The number of carbonyl (C=O) groups is 1. The van der Waals surface area contributed by atoms with Gasteiger partial charge in [0.2, 0.25) is 5.91 Å². The third-order valence-corrected chi connectivity index (χ3v) is 8.38. The Kier molecular flexibility index (Phi) is 6.26. The lowest BCUT2D eigenvalue weighted by molar-refractivity contribution is -0.117. The topological polar surface area (TPSA) is 77.0 Å². The molecule has 5 aromatic rings. The number of benzene rings is 2. The van der Waals surface area contributed by atoms with Gasteiger partial charge in [0, 0.05) is 58.5 Å². The molecule has 178 valence electrons. The van der Waals surface area contributed by atoms with E-state index in [1.807, 2.05) is 31.6 Å². The molecule has 0 spiro atoms. The second kappa shape index (κ2) is 9.52. The van der Waals surface area contributed by atoms with Crippen molar-refractivity contribution < 1.29 is 4.79 Å². The molecule has 2 N–H and O–H groups in total. The number of amides is 1. The van der Waals surface area contributed by atoms with Gasteiger partial charge in [-0.25, -0.2) is 4.98 Å². The molecule has 0 fully saturated rings. The number of nitrogens with zero attached hydrogens (tertiary/aromatic N) is 4. The van der Waals surface area contributed by atoms with Crippen LogP contribution < -0.4 is 37.9 Å². The molecule has 0 saturated carbocycles. The maximum Gasteiger partial charge on any atom is 0.231 e. The SMILES string of the molecule is [B]c1c([B])c([B])c(CC(=O)N2CCc3cc(-c4csc5c(-c6cnn(C)c6)cnc(N)c45)ccc32)c([B])c1[B]. The summed E-state index contributed by atoms with van der Waals surface area (Å²) in [5, 5.41) is 7.31. The standard InChI is InChI=1S/C27H18B5N5OS/c1-36-10-14(8-35-36)16-9-34-27(33)20-17(11-39-26(16)20)12-2-3-18-13(6-12)4-5-37(18)19(38)7-15-21(28)23(30)25(32)24(31)22(15)29/h2-3,6,8-11H,4-5,7H2,1H3,(H2,33,34). The van der Waals surface area contributed by atoms with E-state index in [-0.39, 0.29) is 39.6 Å². The van der Waals surface area contributed by atoms with Gasteiger partial charge in [-0.15, -0.1) is 38.7 Å². The molecule has 1 aliphatic heterocycles. The fourth-order valence-electron chi connectivity index (χ4n) is 5.22. The van der Waals surface area contributed by atoms with Crippen LogP contribution in [0.15, 0.2) is 42.2 Å². The molecule has 1 amide bonds. The smallest absolute Gasteiger partial charge is 0.231 e. The first-order valence-corrected chi connectivity index (χ1v) is 13.1. The second-order valence-corrected chi connectivity index (χ2v) is 10.6. The number of carbonyl (C=O) groups excluding carboxylic acids is 1. The number of thiophene rings is 1. The molecule has 10 radical (unpaired) electrons. The molecule has 1 aliphatic rings. The van der Waals surface area contributed by atoms with Crippen molar-refractivity contribution in [3.63, 3.8) is 0 Å². The van der Waals surface area contributed by atoms with Crippen LogP contribution in [0.25, 0.3) is 32.3 Å². The van der Waals surface area contributed by atoms with Gasteiger partial charge in [-0.05, 0) is 35.1 Å². The van der Waals surface area contributed by atoms with Crippen LogP contribution in [0, 0.1) is 0 Å². The molecule has 0 atom stereocenters. The Balaban J connectivity index is 1.33. The molecule has 6 rings (SSSR count). The number of pyridine rings is 1. The fourth-order valence-corrected chi connectivity index (χ4v) is 6.34. The number of fused-ring (bicyclic) bond motifs is 2. The van der Waals surface area contributed by atoms with Gasteiger partial charge in [0.25, 0.3) is 0 Å². The van der Waals surface area contributed by atoms with E-state index < -0.39 is 0 Å². The maximum absolute atomic E-state index is 13.4. The van der Waals surface area contributed by atoms with E-state index in [1.54, 1.807) is 27.1 Å². The van der Waals surface area contributed by atoms with Gasteiger partial charge >= 0.3 is 0 Å². The highest BCUT2D eigenvalue weighted by molar-refractivity contribution is 7.18. The van der Waals surface area contributed by atoms with E-state index in [1.165, 1.54) is 0 Å². The molecule has 0 aliphatic carbocycles. The molecule has 0 unspecified atom stereocenters. The summed E-state index contributed by atoms with van der Waals surface area (Å²) in [6, 6.07) is 6.08. The molecule has 2 aromatic carbocycles. The Morgan fingerprint density at radius 3 is 2.41 bits per heavy atom. The van der Waals surface area contributed by atoms with E-state index >= 15 is 0 Å². The fraction of sp³-hybridized carbons (Fsp3) is 0.148. The molecule has 0 bridgehead atoms. The zero-order valence-corrected chi connectivity index (χ0v) is 22.0. The lowest BCUT2D eigenvalue weighted by Crippen LogP contribution is -2.56. The van der Waals surface area contributed by atoms with Crippen molar-refractivity contribution in [2.45, 2.75) is 12.8 Å². The van der Waals surface area contributed by atoms with Crippen LogP contribution in [0.4, 0.5) is 11.5 Å². The van der Waals surface area contributed by atoms with Crippen LogP contribution in [0.5, 0.6) is 0 Å². The first-order valence-electron chi connectivity index (χ1n) is 12.2. The first kappa shape index (κ1) is 25.6. The highest BCUT2D eigenvalue weighted by Gasteiger charge is 2.27. The molecular formula is C27H18B5N5OS. The Morgan fingerprint density at radius 2 is 1.72 bits per heavy atom. The lowest BCUT2D eigenvalue weighted by Gasteiger charge is -2.23. The summed E-state index contributed by atoms with van der Waals surface area (Å²) in [4.78, 5) is 19.6. The van der Waals surface area contributed by atoms with E-state index in [9.17, 15) is 4.79 Å². The van der Waals surface area contributed by atoms with E-state index in [4.69, 9.17) is 45.0 Å². The lowest BCUT2D eigenvalue weighted by atomic mass is 9.60. The number of anilines is 2. The Bertz CT molecular complexity index is 1790. The first-order chi connectivity index (χ1) is 18.7. The minimum absolute atomic E-state index is 0.0397. The summed E-state index contributed by atoms with van der Waals surface area (Å²) in [5.41, 5.74) is 13.4. The molecule has 39 heavy (non-hydrogen) atoms. The number of aryl methyl sites for hydroxylation is 1. The van der Waals surface area contributed by atoms with Crippen molar-refractivity contribution >= 4 is 105 Å². The molecule has 12 heteroatoms. The summed E-state index contributed by atoms with van der Waals surface area (Å²) in [5.74, 6) is 0.322. The quantitative estimate of drug-likeness (QED) is 0.314. The van der Waals surface area contributed by atoms with Crippen LogP contribution in [0.1, 0.15) is 11.1 Å². The van der Waals surface area contributed by atoms with Gasteiger partial charge in [0.05, 0.1) is 12.6 Å². The van der Waals surface area contributed by atoms with Crippen molar-refractivity contribution in [2.24, 2.45) is 7.05 Å². The maximum atomic E-state index is 13.4. The highest BCUT2D eigenvalue weighted by atomic mass is 32.1. The van der Waals surface area contributed by atoms with E-state index in [0.717, 1.165) is 43.6 Å². The predicted molar refractivity (Wildman–Crippen MR) is 165 cm³/mol. The molecule has 3 aromatic heterocycles. The Hall–Kier alpha value is -3.65. The summed E-state index contributed by atoms with van der Waals surface area (Å²) in [7, 11) is 32.0. The van der Waals surface area contributed by atoms with Crippen molar-refractivity contribution in [3.05, 3.63) is 53.3 Å². The third-order valence-electron chi connectivity index (χ3n) is 7.37. The van der Waals surface area contributed by atoms with Gasteiger partial charge in [0.15, 0.2) is 0 Å². The van der Waals surface area contributed by atoms with Gasteiger partial charge in [-0.1, -0.05) is 11.6 Å². The summed E-state index contributed by atoms with van der Waals surface area (Å²) >= 11 is 1.62. The van der Waals surface area contributed by atoms with Crippen molar-refractivity contribution in [1.29, 1.82) is 0 Å². The molecule has 0 saturated heterocycles. The van der Waals surface area contributed by atoms with Crippen molar-refractivity contribution in [3.8, 4) is 22.3 Å². The number of aromatic nitrogens is 3. The van der Waals surface area contributed by atoms with E-state index in [2.05, 4.69) is 21.5 Å². The van der Waals surface area contributed by atoms with E-state index in [0.29, 0.717) is 24.3 Å². The Labute approximate surface area is 237 Å². The predicted octanol–water partition coefficient (Wildman–Crippen LogP) is -0.953. The average molecular weight is 515 g/mol. The summed E-state index contributed by atoms with van der Waals surface area (Å²) < 4.78 is 2.82. The minimum atomic E-state index is -0.154. The van der Waals surface area contributed by atoms with Crippen molar-refractivity contribution in [2.75, 3.05) is 17.2 Å².